The number of carboxylic acid groups (broad SMARTS) is 1. The van der Waals surface area contributed by atoms with E-state index in [1.165, 1.54) is 12.8 Å². The molecule has 1 fully saturated rings. The lowest BCUT2D eigenvalue weighted by molar-refractivity contribution is -0.139. The molecule has 1 aliphatic carbocycles. The monoisotopic (exact) mass is 297 g/mol. The maximum atomic E-state index is 11.3. The fourth-order valence-corrected chi connectivity index (χ4v) is 2.05. The van der Waals surface area contributed by atoms with E-state index < -0.39 is 12.0 Å². The number of carboxylic acids is 1. The quantitative estimate of drug-likeness (QED) is 0.879. The van der Waals surface area contributed by atoms with Gasteiger partial charge in [-0.05, 0) is 49.4 Å². The number of hydrogen-bond acceptors (Lipinski definition) is 2. The summed E-state index contributed by atoms with van der Waals surface area (Å²) in [5, 5.41) is 12.4. The summed E-state index contributed by atoms with van der Waals surface area (Å²) in [6, 6.07) is 5.08. The molecule has 92 valence electrons. The smallest absolute Gasteiger partial charge is 0.325 e. The van der Waals surface area contributed by atoms with Crippen molar-refractivity contribution in [3.8, 4) is 0 Å². The second-order valence-corrected chi connectivity index (χ2v) is 5.49. The molecule has 1 saturated carbocycles. The van der Waals surface area contributed by atoms with Crippen LogP contribution in [0.3, 0.4) is 0 Å². The molecule has 0 aliphatic heterocycles. The third-order valence-electron chi connectivity index (χ3n) is 3.07. The second kappa shape index (κ2) is 5.19. The van der Waals surface area contributed by atoms with Crippen molar-refractivity contribution in [2.45, 2.75) is 25.8 Å². The topological polar surface area (TPSA) is 49.3 Å². The molecule has 1 atom stereocenters. The Morgan fingerprint density at radius 2 is 2.29 bits per heavy atom. The Bertz CT molecular complexity index is 429. The van der Waals surface area contributed by atoms with Crippen LogP contribution in [0.4, 0.5) is 0 Å². The molecule has 0 amide bonds. The van der Waals surface area contributed by atoms with Crippen LogP contribution in [0.25, 0.3) is 0 Å². The number of hydrogen-bond donors (Lipinski definition) is 2. The average molecular weight is 298 g/mol. The van der Waals surface area contributed by atoms with E-state index in [-0.39, 0.29) is 0 Å². The van der Waals surface area contributed by atoms with Crippen LogP contribution in [0.1, 0.15) is 30.0 Å². The summed E-state index contributed by atoms with van der Waals surface area (Å²) >= 11 is 3.42. The van der Waals surface area contributed by atoms with Gasteiger partial charge in [0.1, 0.15) is 6.04 Å². The summed E-state index contributed by atoms with van der Waals surface area (Å²) in [5.74, 6) is -0.138. The summed E-state index contributed by atoms with van der Waals surface area (Å²) in [6.45, 7) is 2.76. The Morgan fingerprint density at radius 3 is 2.82 bits per heavy atom. The molecular weight excluding hydrogens is 282 g/mol. The Kier molecular flexibility index (Phi) is 3.84. The number of carbonyl (C=O) groups is 1. The van der Waals surface area contributed by atoms with Crippen LogP contribution in [-0.4, -0.2) is 17.6 Å². The zero-order chi connectivity index (χ0) is 12.4. The number of benzene rings is 1. The first-order chi connectivity index (χ1) is 8.08. The predicted molar refractivity (Wildman–Crippen MR) is 70.0 cm³/mol. The normalized spacial score (nSPS) is 16.8. The van der Waals surface area contributed by atoms with Crippen molar-refractivity contribution < 1.29 is 9.90 Å². The highest BCUT2D eigenvalue weighted by Crippen LogP contribution is 2.29. The highest BCUT2D eigenvalue weighted by molar-refractivity contribution is 9.10. The number of aliphatic carboxylic acids is 1. The summed E-state index contributed by atoms with van der Waals surface area (Å²) in [7, 11) is 0. The minimum Gasteiger partial charge on any atom is -0.480 e. The average Bonchev–Trinajstić information content (AvgIpc) is 3.07. The Balaban J connectivity index is 2.12. The molecule has 17 heavy (non-hydrogen) atoms. The number of aryl methyl sites for hydroxylation is 1. The lowest BCUT2D eigenvalue weighted by Gasteiger charge is -2.15. The van der Waals surface area contributed by atoms with Gasteiger partial charge < -0.3 is 10.4 Å². The maximum absolute atomic E-state index is 11.3. The first-order valence-corrected chi connectivity index (χ1v) is 6.59. The highest BCUT2D eigenvalue weighted by atomic mass is 79.9. The summed E-state index contributed by atoms with van der Waals surface area (Å²) < 4.78 is 1.01. The largest absolute Gasteiger partial charge is 0.480 e. The van der Waals surface area contributed by atoms with E-state index in [0.717, 1.165) is 22.1 Å². The minimum atomic E-state index is -0.813. The zero-order valence-corrected chi connectivity index (χ0v) is 11.3. The number of nitrogens with one attached hydrogen (secondary N) is 1. The molecule has 0 spiro atoms. The van der Waals surface area contributed by atoms with Gasteiger partial charge in [0.05, 0.1) is 0 Å². The van der Waals surface area contributed by atoms with Crippen LogP contribution in [0.15, 0.2) is 22.7 Å². The maximum Gasteiger partial charge on any atom is 0.325 e. The van der Waals surface area contributed by atoms with Gasteiger partial charge in [0.25, 0.3) is 0 Å². The Morgan fingerprint density at radius 1 is 1.59 bits per heavy atom. The fraction of sp³-hybridized carbons (Fsp3) is 0.462. The molecule has 4 heteroatoms. The molecule has 0 saturated heterocycles. The van der Waals surface area contributed by atoms with Crippen molar-refractivity contribution in [2.24, 2.45) is 5.92 Å². The van der Waals surface area contributed by atoms with Gasteiger partial charge in [-0.3, -0.25) is 4.79 Å². The van der Waals surface area contributed by atoms with Gasteiger partial charge in [-0.25, -0.2) is 0 Å². The third-order valence-corrected chi connectivity index (χ3v) is 3.96. The van der Waals surface area contributed by atoms with E-state index in [9.17, 15) is 9.90 Å². The standard InChI is InChI=1S/C13H16BrNO2/c1-8-6-10(4-5-11(8)14)12(13(16)17)15-7-9-2-3-9/h4-6,9,12,15H,2-3,7H2,1H3,(H,16,17). The van der Waals surface area contributed by atoms with Gasteiger partial charge in [-0.1, -0.05) is 28.1 Å². The van der Waals surface area contributed by atoms with E-state index in [1.807, 2.05) is 25.1 Å². The SMILES string of the molecule is Cc1cc(C(NCC2CC2)C(=O)O)ccc1Br. The molecule has 2 N–H and O–H groups in total. The molecule has 1 aliphatic rings. The predicted octanol–water partition coefficient (Wildman–Crippen LogP) is 2.88. The van der Waals surface area contributed by atoms with Crippen LogP contribution < -0.4 is 5.32 Å². The van der Waals surface area contributed by atoms with Gasteiger partial charge in [-0.15, -0.1) is 0 Å². The molecular formula is C13H16BrNO2. The summed E-state index contributed by atoms with van der Waals surface area (Å²) in [5.41, 5.74) is 1.88. The lowest BCUT2D eigenvalue weighted by atomic mass is 10.0. The molecule has 0 bridgehead atoms. The third kappa shape index (κ3) is 3.30. The van der Waals surface area contributed by atoms with Crippen molar-refractivity contribution in [3.05, 3.63) is 33.8 Å². The molecule has 0 aromatic heterocycles. The molecule has 1 aromatic carbocycles. The van der Waals surface area contributed by atoms with E-state index in [1.54, 1.807) is 0 Å². The molecule has 0 heterocycles. The molecule has 1 aromatic rings. The van der Waals surface area contributed by atoms with Crippen molar-refractivity contribution >= 4 is 21.9 Å². The van der Waals surface area contributed by atoms with Crippen molar-refractivity contribution in [2.75, 3.05) is 6.54 Å². The number of halogens is 1. The molecule has 0 radical (unpaired) electrons. The van der Waals surface area contributed by atoms with Crippen LogP contribution in [0.2, 0.25) is 0 Å². The van der Waals surface area contributed by atoms with Gasteiger partial charge >= 0.3 is 5.97 Å². The number of rotatable bonds is 5. The first kappa shape index (κ1) is 12.6. The van der Waals surface area contributed by atoms with Gasteiger partial charge in [0.15, 0.2) is 0 Å². The first-order valence-electron chi connectivity index (χ1n) is 5.80. The van der Waals surface area contributed by atoms with Gasteiger partial charge in [0, 0.05) is 4.47 Å². The Hall–Kier alpha value is -0.870. The lowest BCUT2D eigenvalue weighted by Crippen LogP contribution is -2.30. The molecule has 3 nitrogen and oxygen atoms in total. The van der Waals surface area contributed by atoms with E-state index in [4.69, 9.17) is 0 Å². The van der Waals surface area contributed by atoms with Crippen LogP contribution in [0.5, 0.6) is 0 Å². The zero-order valence-electron chi connectivity index (χ0n) is 9.74. The van der Waals surface area contributed by atoms with Crippen LogP contribution >= 0.6 is 15.9 Å². The van der Waals surface area contributed by atoms with Gasteiger partial charge in [0.2, 0.25) is 0 Å². The fourth-order valence-electron chi connectivity index (χ4n) is 1.80. The highest BCUT2D eigenvalue weighted by Gasteiger charge is 2.25. The summed E-state index contributed by atoms with van der Waals surface area (Å²) in [6.07, 6.45) is 2.44. The minimum absolute atomic E-state index is 0.595. The van der Waals surface area contributed by atoms with E-state index in [2.05, 4.69) is 21.2 Å². The molecule has 1 unspecified atom stereocenters. The van der Waals surface area contributed by atoms with E-state index >= 15 is 0 Å². The molecule has 2 rings (SSSR count). The van der Waals surface area contributed by atoms with Crippen molar-refractivity contribution in [1.82, 2.24) is 5.32 Å². The summed E-state index contributed by atoms with van der Waals surface area (Å²) in [4.78, 5) is 11.3. The van der Waals surface area contributed by atoms with Crippen molar-refractivity contribution in [3.63, 3.8) is 0 Å². The second-order valence-electron chi connectivity index (χ2n) is 4.63. The Labute approximate surface area is 109 Å². The van der Waals surface area contributed by atoms with Crippen molar-refractivity contribution in [1.29, 1.82) is 0 Å². The van der Waals surface area contributed by atoms with Crippen LogP contribution in [0, 0.1) is 12.8 Å². The van der Waals surface area contributed by atoms with Crippen LogP contribution in [-0.2, 0) is 4.79 Å². The van der Waals surface area contributed by atoms with Gasteiger partial charge in [-0.2, -0.15) is 0 Å². The van der Waals surface area contributed by atoms with E-state index in [0.29, 0.717) is 5.92 Å².